The summed E-state index contributed by atoms with van der Waals surface area (Å²) in [5, 5.41) is 3.40. The monoisotopic (exact) mass is 715 g/mol. The van der Waals surface area contributed by atoms with Gasteiger partial charge in [0.25, 0.3) is 10.0 Å². The van der Waals surface area contributed by atoms with Crippen LogP contribution in [-0.2, 0) is 32.6 Å². The molecular formula is C35H33Cl3FN3O4S. The van der Waals surface area contributed by atoms with Crippen molar-refractivity contribution in [2.24, 2.45) is 0 Å². The highest BCUT2D eigenvalue weighted by atomic mass is 35.5. The van der Waals surface area contributed by atoms with Crippen LogP contribution in [0.1, 0.15) is 36.8 Å². The van der Waals surface area contributed by atoms with Crippen molar-refractivity contribution in [2.75, 3.05) is 10.8 Å². The average Bonchev–Trinajstić information content (AvgIpc) is 3.58. The largest absolute Gasteiger partial charge is 0.352 e. The molecule has 0 bridgehead atoms. The van der Waals surface area contributed by atoms with Crippen molar-refractivity contribution < 1.29 is 22.4 Å². The molecule has 0 radical (unpaired) electrons. The van der Waals surface area contributed by atoms with Gasteiger partial charge in [0, 0.05) is 19.0 Å². The Kier molecular flexibility index (Phi) is 11.5. The molecule has 0 spiro atoms. The fourth-order valence-electron chi connectivity index (χ4n) is 5.64. The highest BCUT2D eigenvalue weighted by molar-refractivity contribution is 7.92. The maximum atomic E-state index is 14.6. The van der Waals surface area contributed by atoms with Gasteiger partial charge in [0.05, 0.1) is 25.7 Å². The van der Waals surface area contributed by atoms with Crippen molar-refractivity contribution in [3.63, 3.8) is 0 Å². The fraction of sp³-hybridized carbons (Fsp3) is 0.257. The first-order valence-electron chi connectivity index (χ1n) is 15.1. The van der Waals surface area contributed by atoms with Gasteiger partial charge in [0.15, 0.2) is 0 Å². The van der Waals surface area contributed by atoms with E-state index < -0.39 is 34.3 Å². The molecule has 5 rings (SSSR count). The quantitative estimate of drug-likeness (QED) is 0.163. The van der Waals surface area contributed by atoms with Gasteiger partial charge in [-0.05, 0) is 66.4 Å². The Morgan fingerprint density at radius 3 is 2.11 bits per heavy atom. The normalized spacial score (nSPS) is 14.0. The Labute approximate surface area is 289 Å². The summed E-state index contributed by atoms with van der Waals surface area (Å²) in [5.74, 6) is -1.76. The van der Waals surface area contributed by atoms with E-state index in [0.717, 1.165) is 47.7 Å². The highest BCUT2D eigenvalue weighted by Crippen LogP contribution is 2.29. The van der Waals surface area contributed by atoms with Crippen molar-refractivity contribution in [3.8, 4) is 0 Å². The second-order valence-electron chi connectivity index (χ2n) is 11.4. The van der Waals surface area contributed by atoms with Crippen LogP contribution in [-0.4, -0.2) is 43.8 Å². The molecule has 2 amide bonds. The molecule has 0 aromatic heterocycles. The molecule has 1 N–H and O–H groups in total. The third-order valence-electron chi connectivity index (χ3n) is 8.11. The molecule has 0 heterocycles. The van der Waals surface area contributed by atoms with Gasteiger partial charge in [0.2, 0.25) is 11.8 Å². The predicted octanol–water partition coefficient (Wildman–Crippen LogP) is 7.68. The molecule has 4 aromatic rings. The standard InChI is InChI=1S/C35H33Cl3FN3O4S/c36-29-17-15-25(19-30(29)37)22-41(33(20-24-9-3-1-4-10-24)35(44)40-26-11-7-8-12-26)34(43)23-42(27-16-18-32(39)31(38)21-27)47(45,46)28-13-5-2-6-14-28/h1-6,9-10,13-19,21,26,33H,7-8,11-12,20,22-23H2,(H,40,44)/t33-/m0/s1. The van der Waals surface area contributed by atoms with Gasteiger partial charge in [-0.1, -0.05) is 102 Å². The lowest BCUT2D eigenvalue weighted by atomic mass is 10.0. The summed E-state index contributed by atoms with van der Waals surface area (Å²) in [4.78, 5) is 29.9. The molecule has 47 heavy (non-hydrogen) atoms. The van der Waals surface area contributed by atoms with Crippen LogP contribution in [0.25, 0.3) is 0 Å². The smallest absolute Gasteiger partial charge is 0.264 e. The van der Waals surface area contributed by atoms with E-state index in [1.807, 2.05) is 30.3 Å². The zero-order valence-electron chi connectivity index (χ0n) is 25.3. The van der Waals surface area contributed by atoms with E-state index in [9.17, 15) is 22.4 Å². The average molecular weight is 717 g/mol. The summed E-state index contributed by atoms with van der Waals surface area (Å²) in [6, 6.07) is 24.2. The van der Waals surface area contributed by atoms with Crippen molar-refractivity contribution in [1.29, 1.82) is 0 Å². The van der Waals surface area contributed by atoms with Gasteiger partial charge in [-0.15, -0.1) is 0 Å². The number of sulfonamides is 1. The lowest BCUT2D eigenvalue weighted by Crippen LogP contribution is -2.54. The van der Waals surface area contributed by atoms with Gasteiger partial charge in [-0.2, -0.15) is 0 Å². The van der Waals surface area contributed by atoms with Crippen molar-refractivity contribution in [2.45, 2.75) is 55.6 Å². The molecular weight excluding hydrogens is 684 g/mol. The van der Waals surface area contributed by atoms with Crippen molar-refractivity contribution in [3.05, 3.63) is 129 Å². The topological polar surface area (TPSA) is 86.8 Å². The van der Waals surface area contributed by atoms with Gasteiger partial charge >= 0.3 is 0 Å². The molecule has 1 fully saturated rings. The molecule has 7 nitrogen and oxygen atoms in total. The van der Waals surface area contributed by atoms with Crippen LogP contribution < -0.4 is 9.62 Å². The molecule has 1 aliphatic rings. The number of carbonyl (C=O) groups excluding carboxylic acids is 2. The Morgan fingerprint density at radius 1 is 0.809 bits per heavy atom. The summed E-state index contributed by atoms with van der Waals surface area (Å²) in [5.41, 5.74) is 1.38. The lowest BCUT2D eigenvalue weighted by Gasteiger charge is -2.34. The van der Waals surface area contributed by atoms with E-state index >= 15 is 0 Å². The fourth-order valence-corrected chi connectivity index (χ4v) is 7.57. The number of hydrogen-bond donors (Lipinski definition) is 1. The van der Waals surface area contributed by atoms with Crippen LogP contribution in [0.3, 0.4) is 0 Å². The molecule has 1 saturated carbocycles. The zero-order valence-corrected chi connectivity index (χ0v) is 28.4. The van der Waals surface area contributed by atoms with E-state index in [-0.39, 0.29) is 45.5 Å². The van der Waals surface area contributed by atoms with Crippen molar-refractivity contribution >= 4 is 62.3 Å². The van der Waals surface area contributed by atoms with E-state index in [0.29, 0.717) is 10.6 Å². The lowest BCUT2D eigenvalue weighted by molar-refractivity contribution is -0.140. The molecule has 12 heteroatoms. The molecule has 1 atom stereocenters. The first kappa shape index (κ1) is 34.7. The van der Waals surface area contributed by atoms with E-state index in [4.69, 9.17) is 34.8 Å². The first-order valence-corrected chi connectivity index (χ1v) is 17.7. The molecule has 0 saturated heterocycles. The number of anilines is 1. The minimum Gasteiger partial charge on any atom is -0.352 e. The third-order valence-corrected chi connectivity index (χ3v) is 10.9. The van der Waals surface area contributed by atoms with Crippen molar-refractivity contribution in [1.82, 2.24) is 10.2 Å². The SMILES string of the molecule is O=C(NC1CCCC1)[C@H](Cc1ccccc1)N(Cc1ccc(Cl)c(Cl)c1)C(=O)CN(c1ccc(F)c(Cl)c1)S(=O)(=O)c1ccccc1. The predicted molar refractivity (Wildman–Crippen MR) is 184 cm³/mol. The van der Waals surface area contributed by atoms with Gasteiger partial charge < -0.3 is 10.2 Å². The summed E-state index contributed by atoms with van der Waals surface area (Å²) in [6.07, 6.45) is 3.82. The summed E-state index contributed by atoms with van der Waals surface area (Å²) < 4.78 is 43.2. The molecule has 0 aliphatic heterocycles. The molecule has 4 aromatic carbocycles. The summed E-state index contributed by atoms with van der Waals surface area (Å²) >= 11 is 18.6. The van der Waals surface area contributed by atoms with Gasteiger partial charge in [-0.3, -0.25) is 13.9 Å². The minimum atomic E-state index is -4.36. The maximum Gasteiger partial charge on any atom is 0.264 e. The van der Waals surface area contributed by atoms with Crippen LogP contribution in [0.15, 0.2) is 102 Å². The Hall–Kier alpha value is -3.63. The summed E-state index contributed by atoms with van der Waals surface area (Å²) in [7, 11) is -4.36. The molecule has 1 aliphatic carbocycles. The minimum absolute atomic E-state index is 0.0156. The van der Waals surface area contributed by atoms with Crippen LogP contribution in [0, 0.1) is 5.82 Å². The number of carbonyl (C=O) groups is 2. The van der Waals surface area contributed by atoms with E-state index in [1.54, 1.807) is 36.4 Å². The van der Waals surface area contributed by atoms with Crippen LogP contribution in [0.5, 0.6) is 0 Å². The molecule has 246 valence electrons. The van der Waals surface area contributed by atoms with Crippen LogP contribution in [0.2, 0.25) is 15.1 Å². The Balaban J connectivity index is 1.58. The third kappa shape index (κ3) is 8.65. The number of rotatable bonds is 12. The maximum absolute atomic E-state index is 14.6. The number of nitrogens with zero attached hydrogens (tertiary/aromatic N) is 2. The van der Waals surface area contributed by atoms with E-state index in [1.165, 1.54) is 23.1 Å². The number of amides is 2. The Bertz CT molecular complexity index is 1820. The number of halogens is 4. The van der Waals surface area contributed by atoms with Gasteiger partial charge in [0.1, 0.15) is 18.4 Å². The second-order valence-corrected chi connectivity index (χ2v) is 14.5. The highest BCUT2D eigenvalue weighted by Gasteiger charge is 2.35. The number of hydrogen-bond acceptors (Lipinski definition) is 4. The van der Waals surface area contributed by atoms with E-state index in [2.05, 4.69) is 5.32 Å². The second kappa shape index (κ2) is 15.5. The number of benzene rings is 4. The zero-order chi connectivity index (χ0) is 33.6. The Morgan fingerprint density at radius 2 is 1.47 bits per heavy atom. The summed E-state index contributed by atoms with van der Waals surface area (Å²) in [6.45, 7) is -0.781. The number of nitrogens with one attached hydrogen (secondary N) is 1. The molecule has 0 unspecified atom stereocenters. The van der Waals surface area contributed by atoms with Crippen LogP contribution >= 0.6 is 34.8 Å². The first-order chi connectivity index (χ1) is 22.5. The van der Waals surface area contributed by atoms with Crippen LogP contribution in [0.4, 0.5) is 10.1 Å². The van der Waals surface area contributed by atoms with Gasteiger partial charge in [-0.25, -0.2) is 12.8 Å².